The van der Waals surface area contributed by atoms with Crippen LogP contribution < -0.4 is 0 Å². The zero-order valence-electron chi connectivity index (χ0n) is 6.82. The third-order valence-electron chi connectivity index (χ3n) is 1.49. The highest BCUT2D eigenvalue weighted by Crippen LogP contribution is 2.29. The number of thiazole rings is 1. The van der Waals surface area contributed by atoms with Crippen LogP contribution in [0.2, 0.25) is 5.15 Å². The van der Waals surface area contributed by atoms with Crippen LogP contribution in [0.25, 0.3) is 10.8 Å². The number of rotatable bonds is 2. The molecule has 0 spiro atoms. The molecular weight excluding hydrogens is 210 g/mol. The Bertz CT molecular complexity index is 411. The van der Waals surface area contributed by atoms with Gasteiger partial charge < -0.3 is 4.42 Å². The number of aromatic nitrogens is 3. The summed E-state index contributed by atoms with van der Waals surface area (Å²) in [4.78, 5) is 4.61. The first kappa shape index (κ1) is 8.65. The Hall–Kier alpha value is -0.940. The fraction of sp³-hybridized carbons (Fsp3) is 0.286. The van der Waals surface area contributed by atoms with Gasteiger partial charge in [-0.2, -0.15) is 0 Å². The van der Waals surface area contributed by atoms with E-state index in [1.165, 1.54) is 11.3 Å². The Balaban J connectivity index is 2.41. The lowest BCUT2D eigenvalue weighted by Gasteiger charge is -1.86. The maximum Gasteiger partial charge on any atom is 0.260 e. The number of hydrogen-bond acceptors (Lipinski definition) is 5. The molecule has 13 heavy (non-hydrogen) atoms. The van der Waals surface area contributed by atoms with Gasteiger partial charge in [-0.25, -0.2) is 4.98 Å². The maximum atomic E-state index is 5.80. The van der Waals surface area contributed by atoms with E-state index in [0.717, 1.165) is 11.3 Å². The molecule has 0 radical (unpaired) electrons. The molecule has 0 N–H and O–H groups in total. The molecule has 2 heterocycles. The van der Waals surface area contributed by atoms with E-state index in [2.05, 4.69) is 15.2 Å². The largest absolute Gasteiger partial charge is 0.420 e. The van der Waals surface area contributed by atoms with Crippen molar-refractivity contribution in [2.45, 2.75) is 13.3 Å². The minimum atomic E-state index is 0.413. The number of hydrogen-bond donors (Lipinski definition) is 0. The van der Waals surface area contributed by atoms with E-state index in [1.54, 1.807) is 5.51 Å². The standard InChI is InChI=1S/C7H6ClN3OS/c1-2-4-10-11-7(12-4)5-6(8)9-3-13-5/h3H,2H2,1H3. The van der Waals surface area contributed by atoms with Gasteiger partial charge in [0, 0.05) is 6.42 Å². The lowest BCUT2D eigenvalue weighted by atomic mass is 10.5. The van der Waals surface area contributed by atoms with Crippen molar-refractivity contribution in [1.82, 2.24) is 15.2 Å². The maximum absolute atomic E-state index is 5.80. The van der Waals surface area contributed by atoms with E-state index in [1.807, 2.05) is 6.92 Å². The van der Waals surface area contributed by atoms with Gasteiger partial charge in [-0.3, -0.25) is 0 Å². The Morgan fingerprint density at radius 2 is 2.38 bits per heavy atom. The molecule has 0 aliphatic carbocycles. The van der Waals surface area contributed by atoms with Crippen molar-refractivity contribution in [3.05, 3.63) is 16.6 Å². The first-order valence-electron chi connectivity index (χ1n) is 3.73. The second kappa shape index (κ2) is 3.43. The van der Waals surface area contributed by atoms with Crippen molar-refractivity contribution in [3.63, 3.8) is 0 Å². The summed E-state index contributed by atoms with van der Waals surface area (Å²) < 4.78 is 5.32. The average molecular weight is 216 g/mol. The third kappa shape index (κ3) is 1.57. The molecule has 0 fully saturated rings. The van der Waals surface area contributed by atoms with Crippen molar-refractivity contribution in [2.24, 2.45) is 0 Å². The summed E-state index contributed by atoms with van der Waals surface area (Å²) in [6.07, 6.45) is 0.726. The summed E-state index contributed by atoms with van der Waals surface area (Å²) in [6.45, 7) is 1.95. The Morgan fingerprint density at radius 1 is 1.54 bits per heavy atom. The summed E-state index contributed by atoms with van der Waals surface area (Å²) in [5, 5.41) is 8.11. The molecule has 0 amide bonds. The monoisotopic (exact) mass is 215 g/mol. The topological polar surface area (TPSA) is 51.8 Å². The van der Waals surface area contributed by atoms with Gasteiger partial charge in [0.25, 0.3) is 5.89 Å². The second-order valence-corrected chi connectivity index (χ2v) is 3.54. The predicted molar refractivity (Wildman–Crippen MR) is 49.8 cm³/mol. The fourth-order valence-electron chi connectivity index (χ4n) is 0.859. The number of halogens is 1. The van der Waals surface area contributed by atoms with Gasteiger partial charge in [0.15, 0.2) is 5.15 Å². The molecule has 0 saturated heterocycles. The van der Waals surface area contributed by atoms with Crippen LogP contribution in [0.4, 0.5) is 0 Å². The Kier molecular flexibility index (Phi) is 2.28. The smallest absolute Gasteiger partial charge is 0.260 e. The van der Waals surface area contributed by atoms with Gasteiger partial charge in [-0.15, -0.1) is 21.5 Å². The molecule has 68 valence electrons. The molecule has 0 aliphatic heterocycles. The molecule has 0 bridgehead atoms. The van der Waals surface area contributed by atoms with E-state index in [9.17, 15) is 0 Å². The van der Waals surface area contributed by atoms with Gasteiger partial charge in [-0.1, -0.05) is 18.5 Å². The molecule has 0 saturated carbocycles. The van der Waals surface area contributed by atoms with Crippen molar-refractivity contribution >= 4 is 22.9 Å². The Labute approximate surface area is 83.6 Å². The van der Waals surface area contributed by atoms with Crippen LogP contribution in [0.1, 0.15) is 12.8 Å². The molecule has 6 heteroatoms. The average Bonchev–Trinajstić information content (AvgIpc) is 2.71. The molecular formula is C7H6ClN3OS. The SMILES string of the molecule is CCc1nnc(-c2scnc2Cl)o1. The van der Waals surface area contributed by atoms with E-state index in [-0.39, 0.29) is 0 Å². The minimum Gasteiger partial charge on any atom is -0.420 e. The molecule has 2 aromatic rings. The Morgan fingerprint density at radius 3 is 2.92 bits per heavy atom. The minimum absolute atomic E-state index is 0.413. The van der Waals surface area contributed by atoms with E-state index < -0.39 is 0 Å². The molecule has 0 aliphatic rings. The van der Waals surface area contributed by atoms with Gasteiger partial charge in [0.2, 0.25) is 5.89 Å². The van der Waals surface area contributed by atoms with Crippen LogP contribution in [0.5, 0.6) is 0 Å². The van der Waals surface area contributed by atoms with Gasteiger partial charge >= 0.3 is 0 Å². The van der Waals surface area contributed by atoms with Gasteiger partial charge in [-0.05, 0) is 0 Å². The molecule has 0 aromatic carbocycles. The number of aryl methyl sites for hydroxylation is 1. The normalized spacial score (nSPS) is 10.6. The summed E-state index contributed by atoms with van der Waals surface area (Å²) in [5.41, 5.74) is 1.65. The summed E-state index contributed by atoms with van der Waals surface area (Å²) in [5.74, 6) is 1.06. The first-order valence-corrected chi connectivity index (χ1v) is 4.98. The van der Waals surface area contributed by atoms with Crippen LogP contribution in [-0.2, 0) is 6.42 Å². The highest BCUT2D eigenvalue weighted by Gasteiger charge is 2.13. The van der Waals surface area contributed by atoms with Gasteiger partial charge in [0.05, 0.1) is 5.51 Å². The van der Waals surface area contributed by atoms with E-state index in [4.69, 9.17) is 16.0 Å². The zero-order valence-corrected chi connectivity index (χ0v) is 8.39. The molecule has 2 rings (SSSR count). The van der Waals surface area contributed by atoms with Crippen LogP contribution >= 0.6 is 22.9 Å². The molecule has 0 unspecified atom stereocenters. The van der Waals surface area contributed by atoms with Crippen molar-refractivity contribution in [2.75, 3.05) is 0 Å². The molecule has 4 nitrogen and oxygen atoms in total. The van der Waals surface area contributed by atoms with Crippen LogP contribution in [0, 0.1) is 0 Å². The summed E-state index contributed by atoms with van der Waals surface area (Å²) >= 11 is 7.19. The quantitative estimate of drug-likeness (QED) is 0.772. The summed E-state index contributed by atoms with van der Waals surface area (Å²) in [6, 6.07) is 0. The second-order valence-electron chi connectivity index (χ2n) is 2.33. The number of nitrogens with zero attached hydrogens (tertiary/aromatic N) is 3. The first-order chi connectivity index (χ1) is 6.31. The fourth-order valence-corrected chi connectivity index (χ4v) is 1.78. The lowest BCUT2D eigenvalue weighted by Crippen LogP contribution is -1.76. The van der Waals surface area contributed by atoms with Crippen molar-refractivity contribution < 1.29 is 4.42 Å². The zero-order chi connectivity index (χ0) is 9.26. The van der Waals surface area contributed by atoms with Crippen LogP contribution in [-0.4, -0.2) is 15.2 Å². The van der Waals surface area contributed by atoms with Gasteiger partial charge in [0.1, 0.15) is 4.88 Å². The van der Waals surface area contributed by atoms with Crippen LogP contribution in [0.3, 0.4) is 0 Å². The summed E-state index contributed by atoms with van der Waals surface area (Å²) in [7, 11) is 0. The highest BCUT2D eigenvalue weighted by molar-refractivity contribution is 7.13. The molecule has 2 aromatic heterocycles. The predicted octanol–water partition coefficient (Wildman–Crippen LogP) is 2.41. The van der Waals surface area contributed by atoms with Crippen molar-refractivity contribution in [1.29, 1.82) is 0 Å². The molecule has 0 atom stereocenters. The van der Waals surface area contributed by atoms with E-state index in [0.29, 0.717) is 16.9 Å². The van der Waals surface area contributed by atoms with Crippen LogP contribution in [0.15, 0.2) is 9.93 Å². The third-order valence-corrected chi connectivity index (χ3v) is 2.70. The highest BCUT2D eigenvalue weighted by atomic mass is 35.5. The van der Waals surface area contributed by atoms with E-state index >= 15 is 0 Å². The van der Waals surface area contributed by atoms with Crippen molar-refractivity contribution in [3.8, 4) is 10.8 Å². The lowest BCUT2D eigenvalue weighted by molar-refractivity contribution is 0.514.